The van der Waals surface area contributed by atoms with Gasteiger partial charge in [0.15, 0.2) is 0 Å². The van der Waals surface area contributed by atoms with Gasteiger partial charge in [0.25, 0.3) is 0 Å². The van der Waals surface area contributed by atoms with Crippen molar-refractivity contribution in [2.24, 2.45) is 5.41 Å². The van der Waals surface area contributed by atoms with Crippen LogP contribution in [0.4, 0.5) is 19.0 Å². The molecule has 3 N–H and O–H groups in total. The van der Waals surface area contributed by atoms with E-state index in [4.69, 9.17) is 0 Å². The molecule has 1 saturated heterocycles. The molecule has 0 saturated carbocycles. The molecule has 0 radical (unpaired) electrons. The summed E-state index contributed by atoms with van der Waals surface area (Å²) in [5.74, 6) is -0.833. The minimum absolute atomic E-state index is 0.0624. The maximum atomic E-state index is 12.8. The van der Waals surface area contributed by atoms with E-state index in [-0.39, 0.29) is 11.6 Å². The number of aliphatic carboxylic acids is 1. The molecule has 0 amide bonds. The van der Waals surface area contributed by atoms with Crippen molar-refractivity contribution >= 4 is 11.8 Å². The molecule has 1 fully saturated rings. The maximum absolute atomic E-state index is 12.8. The van der Waals surface area contributed by atoms with Crippen molar-refractivity contribution < 1.29 is 28.2 Å². The summed E-state index contributed by atoms with van der Waals surface area (Å²) in [5, 5.41) is 31.0. The molecule has 32 heavy (non-hydrogen) atoms. The topological polar surface area (TPSA) is 98.6 Å². The number of aryl methyl sites for hydroxylation is 1. The first-order chi connectivity index (χ1) is 14.9. The van der Waals surface area contributed by atoms with E-state index in [1.165, 1.54) is 6.07 Å². The number of carboxylic acids is 1. The second-order valence-electron chi connectivity index (χ2n) is 8.90. The molecule has 0 spiro atoms. The van der Waals surface area contributed by atoms with E-state index in [0.29, 0.717) is 36.2 Å². The third-order valence-corrected chi connectivity index (χ3v) is 5.62. The van der Waals surface area contributed by atoms with Crippen molar-refractivity contribution in [3.8, 4) is 17.0 Å². The van der Waals surface area contributed by atoms with E-state index in [0.717, 1.165) is 25.5 Å². The molecule has 2 aromatic rings. The highest BCUT2D eigenvalue weighted by molar-refractivity contribution is 5.74. The molecule has 3 rings (SSSR count). The number of carboxylic acid groups (broad SMARTS) is 1. The van der Waals surface area contributed by atoms with Crippen LogP contribution in [0.15, 0.2) is 24.3 Å². The summed E-state index contributed by atoms with van der Waals surface area (Å²) < 4.78 is 38.5. The average molecular weight is 452 g/mol. The number of rotatable bonds is 6. The van der Waals surface area contributed by atoms with Gasteiger partial charge in [0.2, 0.25) is 0 Å². The molecular formula is C22H27F3N4O3. The number of likely N-dealkylation sites (tertiary alicyclic amines) is 1. The molecule has 10 heteroatoms. The second-order valence-corrected chi connectivity index (χ2v) is 8.90. The van der Waals surface area contributed by atoms with E-state index >= 15 is 0 Å². The quantitative estimate of drug-likeness (QED) is 0.605. The number of benzene rings is 1. The Balaban J connectivity index is 1.71. The van der Waals surface area contributed by atoms with E-state index in [1.54, 1.807) is 26.8 Å². The van der Waals surface area contributed by atoms with Crippen molar-refractivity contribution in [3.05, 3.63) is 35.4 Å². The van der Waals surface area contributed by atoms with Gasteiger partial charge in [-0.3, -0.25) is 4.79 Å². The van der Waals surface area contributed by atoms with Crippen molar-refractivity contribution in [3.63, 3.8) is 0 Å². The van der Waals surface area contributed by atoms with E-state index < -0.39 is 28.9 Å². The summed E-state index contributed by atoms with van der Waals surface area (Å²) in [6, 6.07) is 4.56. The Hall–Kier alpha value is -2.88. The minimum atomic E-state index is -4.54. The third kappa shape index (κ3) is 5.48. The molecule has 174 valence electrons. The number of piperidine rings is 1. The summed E-state index contributed by atoms with van der Waals surface area (Å²) in [5.41, 5.74) is -0.652. The zero-order valence-corrected chi connectivity index (χ0v) is 18.2. The van der Waals surface area contributed by atoms with Crippen molar-refractivity contribution in [2.45, 2.75) is 45.8 Å². The SMILES string of the molecule is Cc1cc(NC2CCCN(CC(C)(C)C(=O)O)C2)nnc1-c1ccc(C(F)(F)F)cc1O. The Labute approximate surface area is 184 Å². The summed E-state index contributed by atoms with van der Waals surface area (Å²) in [6.45, 7) is 7.09. The van der Waals surface area contributed by atoms with Crippen LogP contribution in [0.3, 0.4) is 0 Å². The summed E-state index contributed by atoms with van der Waals surface area (Å²) in [4.78, 5) is 13.5. The summed E-state index contributed by atoms with van der Waals surface area (Å²) >= 11 is 0. The Kier molecular flexibility index (Phi) is 6.64. The second kappa shape index (κ2) is 8.93. The number of hydrogen-bond donors (Lipinski definition) is 3. The lowest BCUT2D eigenvalue weighted by Crippen LogP contribution is -2.47. The van der Waals surface area contributed by atoms with Gasteiger partial charge in [-0.05, 0) is 70.0 Å². The largest absolute Gasteiger partial charge is 0.507 e. The average Bonchev–Trinajstić information content (AvgIpc) is 2.67. The number of aromatic nitrogens is 2. The third-order valence-electron chi connectivity index (χ3n) is 5.62. The van der Waals surface area contributed by atoms with Crippen LogP contribution in [-0.4, -0.2) is 57.0 Å². The molecule has 2 heterocycles. The number of carbonyl (C=O) groups is 1. The van der Waals surface area contributed by atoms with E-state index in [2.05, 4.69) is 20.4 Å². The molecule has 1 unspecified atom stereocenters. The lowest BCUT2D eigenvalue weighted by atomic mass is 9.91. The summed E-state index contributed by atoms with van der Waals surface area (Å²) in [7, 11) is 0. The predicted octanol–water partition coefficient (Wildman–Crippen LogP) is 4.16. The van der Waals surface area contributed by atoms with Gasteiger partial charge in [-0.15, -0.1) is 10.2 Å². The lowest BCUT2D eigenvalue weighted by Gasteiger charge is -2.36. The summed E-state index contributed by atoms with van der Waals surface area (Å²) in [6.07, 6.45) is -2.73. The molecule has 1 aromatic heterocycles. The minimum Gasteiger partial charge on any atom is -0.507 e. The fourth-order valence-electron chi connectivity index (χ4n) is 3.88. The van der Waals surface area contributed by atoms with Crippen LogP contribution in [0, 0.1) is 12.3 Å². The molecule has 0 aliphatic carbocycles. The van der Waals surface area contributed by atoms with Gasteiger partial charge < -0.3 is 20.4 Å². The Morgan fingerprint density at radius 2 is 1.97 bits per heavy atom. The van der Waals surface area contributed by atoms with Gasteiger partial charge in [-0.25, -0.2) is 0 Å². The Morgan fingerprint density at radius 1 is 1.25 bits per heavy atom. The molecule has 1 atom stereocenters. The number of nitrogens with zero attached hydrogens (tertiary/aromatic N) is 3. The number of hydrogen-bond acceptors (Lipinski definition) is 6. The number of aromatic hydroxyl groups is 1. The van der Waals surface area contributed by atoms with Crippen LogP contribution in [-0.2, 0) is 11.0 Å². The number of alkyl halides is 3. The number of halogens is 3. The number of phenols is 1. The normalized spacial score (nSPS) is 17.9. The van der Waals surface area contributed by atoms with Crippen LogP contribution in [0.5, 0.6) is 5.75 Å². The monoisotopic (exact) mass is 452 g/mol. The van der Waals surface area contributed by atoms with Gasteiger partial charge in [-0.2, -0.15) is 13.2 Å². The van der Waals surface area contributed by atoms with E-state index in [1.807, 2.05) is 0 Å². The van der Waals surface area contributed by atoms with Crippen LogP contribution in [0.1, 0.15) is 37.8 Å². The van der Waals surface area contributed by atoms with Crippen LogP contribution < -0.4 is 5.32 Å². The van der Waals surface area contributed by atoms with Gasteiger partial charge >= 0.3 is 12.1 Å². The highest BCUT2D eigenvalue weighted by Crippen LogP contribution is 2.37. The van der Waals surface area contributed by atoms with Crippen LogP contribution >= 0.6 is 0 Å². The van der Waals surface area contributed by atoms with Gasteiger partial charge in [0.05, 0.1) is 16.7 Å². The molecule has 0 bridgehead atoms. The molecule has 1 aliphatic heterocycles. The lowest BCUT2D eigenvalue weighted by molar-refractivity contribution is -0.148. The fourth-order valence-corrected chi connectivity index (χ4v) is 3.88. The maximum Gasteiger partial charge on any atom is 0.416 e. The molecule has 1 aliphatic rings. The first kappa shape index (κ1) is 23.8. The van der Waals surface area contributed by atoms with Crippen molar-refractivity contribution in [1.82, 2.24) is 15.1 Å². The van der Waals surface area contributed by atoms with Crippen LogP contribution in [0.2, 0.25) is 0 Å². The Bertz CT molecular complexity index is 995. The Morgan fingerprint density at radius 3 is 2.56 bits per heavy atom. The first-order valence-electron chi connectivity index (χ1n) is 10.3. The smallest absolute Gasteiger partial charge is 0.416 e. The number of nitrogens with one attached hydrogen (secondary N) is 1. The molecular weight excluding hydrogens is 425 g/mol. The van der Waals surface area contributed by atoms with Gasteiger partial charge in [0, 0.05) is 24.7 Å². The zero-order chi connectivity index (χ0) is 23.7. The van der Waals surface area contributed by atoms with Crippen molar-refractivity contribution in [1.29, 1.82) is 0 Å². The molecule has 1 aromatic carbocycles. The number of phenolic OH excluding ortho intramolecular Hbond substituents is 1. The van der Waals surface area contributed by atoms with Gasteiger partial charge in [0.1, 0.15) is 11.6 Å². The fraction of sp³-hybridized carbons (Fsp3) is 0.500. The highest BCUT2D eigenvalue weighted by atomic mass is 19.4. The highest BCUT2D eigenvalue weighted by Gasteiger charge is 2.33. The standard InChI is InChI=1S/C22H27F3N4O3/c1-13-9-18(26-15-5-4-8-29(11-15)12-21(2,3)20(31)32)27-28-19(13)16-7-6-14(10-17(16)30)22(23,24)25/h6-7,9-10,15,30H,4-5,8,11-12H2,1-3H3,(H,26,27)(H,31,32). The predicted molar refractivity (Wildman–Crippen MR) is 113 cm³/mol. The van der Waals surface area contributed by atoms with Crippen molar-refractivity contribution in [2.75, 3.05) is 25.0 Å². The number of anilines is 1. The molecule has 7 nitrogen and oxygen atoms in total. The van der Waals surface area contributed by atoms with Crippen LogP contribution in [0.25, 0.3) is 11.3 Å². The van der Waals surface area contributed by atoms with Gasteiger partial charge in [-0.1, -0.05) is 0 Å². The first-order valence-corrected chi connectivity index (χ1v) is 10.3. The zero-order valence-electron chi connectivity index (χ0n) is 18.2. The van der Waals surface area contributed by atoms with E-state index in [9.17, 15) is 28.2 Å².